The molecule has 1 aliphatic heterocycles. The van der Waals surface area contributed by atoms with Crippen molar-refractivity contribution in [1.82, 2.24) is 15.3 Å². The molecule has 0 bridgehead atoms. The number of benzene rings is 1. The molecule has 9 heteroatoms. The number of carboxylic acids is 1. The highest BCUT2D eigenvalue weighted by molar-refractivity contribution is 5.77. The number of rotatable bonds is 9. The van der Waals surface area contributed by atoms with Gasteiger partial charge in [0, 0.05) is 13.1 Å². The van der Waals surface area contributed by atoms with Crippen molar-refractivity contribution in [3.63, 3.8) is 0 Å². The van der Waals surface area contributed by atoms with E-state index in [1.807, 2.05) is 24.8 Å². The van der Waals surface area contributed by atoms with E-state index in [9.17, 15) is 9.59 Å². The van der Waals surface area contributed by atoms with Gasteiger partial charge in [-0.3, -0.25) is 9.59 Å². The van der Waals surface area contributed by atoms with Gasteiger partial charge in [-0.2, -0.15) is 0 Å². The van der Waals surface area contributed by atoms with Crippen LogP contribution in [-0.4, -0.2) is 46.7 Å². The van der Waals surface area contributed by atoms with Gasteiger partial charge in [-0.15, -0.1) is 0 Å². The van der Waals surface area contributed by atoms with Crippen LogP contribution in [0, 0.1) is 13.8 Å². The van der Waals surface area contributed by atoms with Crippen LogP contribution in [0.5, 0.6) is 0 Å². The zero-order chi connectivity index (χ0) is 21.8. The van der Waals surface area contributed by atoms with Crippen LogP contribution in [0.4, 0.5) is 17.2 Å². The van der Waals surface area contributed by atoms with Crippen LogP contribution < -0.4 is 32.3 Å². The number of aromatic amines is 1. The van der Waals surface area contributed by atoms with Gasteiger partial charge in [-0.25, -0.2) is 9.98 Å². The van der Waals surface area contributed by atoms with Gasteiger partial charge in [-0.1, -0.05) is 13.0 Å². The Labute approximate surface area is 174 Å². The van der Waals surface area contributed by atoms with Gasteiger partial charge in [0.1, 0.15) is 11.5 Å². The molecule has 0 saturated heterocycles. The van der Waals surface area contributed by atoms with Crippen molar-refractivity contribution >= 4 is 29.7 Å². The molecule has 2 heterocycles. The van der Waals surface area contributed by atoms with Gasteiger partial charge < -0.3 is 26.0 Å². The molecule has 0 fully saturated rings. The Balaban J connectivity index is 1.71. The van der Waals surface area contributed by atoms with Crippen molar-refractivity contribution in [2.24, 2.45) is 10.7 Å². The fraction of sp³-hybridized carbons (Fsp3) is 0.429. The van der Waals surface area contributed by atoms with Crippen LogP contribution in [0.15, 0.2) is 21.9 Å². The average molecular weight is 412 g/mol. The Morgan fingerprint density at radius 3 is 2.77 bits per heavy atom. The largest absolute Gasteiger partial charge is 0.480 e. The maximum atomic E-state index is 12.4. The topological polar surface area (TPSA) is 137 Å². The summed E-state index contributed by atoms with van der Waals surface area (Å²) in [6.07, 6.45) is 2.04. The fourth-order valence-corrected chi connectivity index (χ4v) is 3.40. The monoisotopic (exact) mass is 412 g/mol. The van der Waals surface area contributed by atoms with E-state index in [0.29, 0.717) is 36.2 Å². The molecule has 0 aliphatic carbocycles. The van der Waals surface area contributed by atoms with Crippen LogP contribution in [0.1, 0.15) is 30.4 Å². The van der Waals surface area contributed by atoms with Crippen LogP contribution in [0.3, 0.4) is 0 Å². The molecule has 30 heavy (non-hydrogen) atoms. The first kappa shape index (κ1) is 21.7. The van der Waals surface area contributed by atoms with E-state index in [2.05, 4.69) is 32.9 Å². The molecule has 1 aromatic heterocycles. The molecule has 3 rings (SSSR count). The van der Waals surface area contributed by atoms with Crippen molar-refractivity contribution in [3.8, 4) is 0 Å². The summed E-state index contributed by atoms with van der Waals surface area (Å²) < 4.78 is 0. The van der Waals surface area contributed by atoms with Gasteiger partial charge in [-0.05, 0) is 56.5 Å². The highest BCUT2D eigenvalue weighted by Gasteiger charge is 2.23. The number of anilines is 2. The van der Waals surface area contributed by atoms with E-state index in [4.69, 9.17) is 10.8 Å². The predicted molar refractivity (Wildman–Crippen MR) is 116 cm³/mol. The summed E-state index contributed by atoms with van der Waals surface area (Å²) in [5.41, 5.74) is 9.42. The van der Waals surface area contributed by atoms with Crippen LogP contribution in [0.25, 0.3) is 6.58 Å². The number of aliphatic carboxylic acids is 1. The molecule has 1 aromatic carbocycles. The second-order valence-electron chi connectivity index (χ2n) is 7.56. The lowest BCUT2D eigenvalue weighted by Gasteiger charge is -2.28. The zero-order valence-electron chi connectivity index (χ0n) is 17.4. The standard InChI is InChI=1S/C21H28N6O3/c1-12-10-16-17(11-13(12)2)27(19-18(26-16)20(28)25-14(3)24-19)9-8-23-7-5-4-6-15(22)21(29)30/h10-11,15,23H,3-9,22H2,1-2H3,(H,25,28)(H,29,30)/t15-/m1/s1. The van der Waals surface area contributed by atoms with E-state index in [-0.39, 0.29) is 5.56 Å². The van der Waals surface area contributed by atoms with Crippen molar-refractivity contribution in [3.05, 3.63) is 44.5 Å². The van der Waals surface area contributed by atoms with Crippen molar-refractivity contribution in [2.75, 3.05) is 24.5 Å². The van der Waals surface area contributed by atoms with Crippen molar-refractivity contribution < 1.29 is 9.90 Å². The number of nitrogens with zero attached hydrogens (tertiary/aromatic N) is 3. The molecule has 0 unspecified atom stereocenters. The molecule has 5 N–H and O–H groups in total. The fourth-order valence-electron chi connectivity index (χ4n) is 3.40. The summed E-state index contributed by atoms with van der Waals surface area (Å²) in [5, 5.41) is 12.5. The molecule has 0 saturated carbocycles. The molecule has 0 amide bonds. The van der Waals surface area contributed by atoms with Gasteiger partial charge in [0.25, 0.3) is 5.56 Å². The third kappa shape index (κ3) is 4.74. The third-order valence-electron chi connectivity index (χ3n) is 5.24. The number of nitrogens with two attached hydrogens (primary N) is 1. The lowest BCUT2D eigenvalue weighted by atomic mass is 10.1. The number of aromatic nitrogens is 2. The van der Waals surface area contributed by atoms with Crippen molar-refractivity contribution in [2.45, 2.75) is 39.2 Å². The number of unbranched alkanes of at least 4 members (excludes halogenated alkanes) is 1. The minimum atomic E-state index is -0.964. The molecule has 2 aromatic rings. The molecule has 0 radical (unpaired) electrons. The van der Waals surface area contributed by atoms with Gasteiger partial charge in [0.2, 0.25) is 0 Å². The Morgan fingerprint density at radius 2 is 2.03 bits per heavy atom. The number of hydrogen-bond donors (Lipinski definition) is 4. The van der Waals surface area contributed by atoms with E-state index in [1.54, 1.807) is 0 Å². The number of carboxylic acid groups (broad SMARTS) is 1. The molecular formula is C21H28N6O3. The molecule has 1 aliphatic rings. The lowest BCUT2D eigenvalue weighted by Crippen LogP contribution is -2.44. The van der Waals surface area contributed by atoms with E-state index >= 15 is 0 Å². The van der Waals surface area contributed by atoms with Crippen molar-refractivity contribution in [1.29, 1.82) is 0 Å². The summed E-state index contributed by atoms with van der Waals surface area (Å²) in [6, 6.07) is 3.25. The first-order valence-corrected chi connectivity index (χ1v) is 10.0. The minimum Gasteiger partial charge on any atom is -0.480 e. The minimum absolute atomic E-state index is 0.292. The van der Waals surface area contributed by atoms with Crippen LogP contribution in [-0.2, 0) is 4.79 Å². The van der Waals surface area contributed by atoms with E-state index < -0.39 is 12.0 Å². The number of carbonyl (C=O) groups is 1. The number of aryl methyl sites for hydroxylation is 2. The lowest BCUT2D eigenvalue weighted by molar-refractivity contribution is -0.138. The summed E-state index contributed by atoms with van der Waals surface area (Å²) >= 11 is 0. The molecular weight excluding hydrogens is 384 g/mol. The summed E-state index contributed by atoms with van der Waals surface area (Å²) in [5.74, 6) is -0.456. The maximum absolute atomic E-state index is 12.4. The maximum Gasteiger partial charge on any atom is 0.320 e. The molecule has 9 nitrogen and oxygen atoms in total. The Morgan fingerprint density at radius 1 is 1.30 bits per heavy atom. The second-order valence-corrected chi connectivity index (χ2v) is 7.56. The normalized spacial score (nSPS) is 13.4. The predicted octanol–water partition coefficient (Wildman–Crippen LogP) is 0.372. The summed E-state index contributed by atoms with van der Waals surface area (Å²) in [6.45, 7) is 9.84. The first-order chi connectivity index (χ1) is 14.3. The molecule has 0 spiro atoms. The van der Waals surface area contributed by atoms with Gasteiger partial charge >= 0.3 is 5.97 Å². The third-order valence-corrected chi connectivity index (χ3v) is 5.24. The average Bonchev–Trinajstić information content (AvgIpc) is 2.68. The van der Waals surface area contributed by atoms with Gasteiger partial charge in [0.05, 0.1) is 11.4 Å². The summed E-state index contributed by atoms with van der Waals surface area (Å²) in [7, 11) is 0. The Kier molecular flexibility index (Phi) is 6.63. The van der Waals surface area contributed by atoms with E-state index in [0.717, 1.165) is 41.9 Å². The highest BCUT2D eigenvalue weighted by atomic mass is 16.4. The SMILES string of the molecule is C=c1nc2c(c(=O)[nH]1)=Nc1cc(C)c(C)cc1N2CCNCCCC[C@@H](N)C(=O)O. The summed E-state index contributed by atoms with van der Waals surface area (Å²) in [4.78, 5) is 36.8. The smallest absolute Gasteiger partial charge is 0.320 e. The number of H-pyrrole nitrogens is 1. The molecule has 160 valence electrons. The zero-order valence-corrected chi connectivity index (χ0v) is 17.4. The quantitative estimate of drug-likeness (QED) is 0.437. The Hall–Kier alpha value is -3.04. The Bertz CT molecular complexity index is 1110. The number of hydrogen-bond acceptors (Lipinski definition) is 7. The number of nitrogens with one attached hydrogen (secondary N) is 2. The van der Waals surface area contributed by atoms with E-state index in [1.165, 1.54) is 0 Å². The highest BCUT2D eigenvalue weighted by Crippen LogP contribution is 2.36. The second kappa shape index (κ2) is 9.19. The molecule has 1 atom stereocenters. The van der Waals surface area contributed by atoms with Crippen LogP contribution >= 0.6 is 0 Å². The van der Waals surface area contributed by atoms with Gasteiger partial charge in [0.15, 0.2) is 11.2 Å². The number of fused-ring (bicyclic) bond motifs is 2. The van der Waals surface area contributed by atoms with Crippen LogP contribution in [0.2, 0.25) is 0 Å². The first-order valence-electron chi connectivity index (χ1n) is 10.0.